The minimum absolute atomic E-state index is 0.126. The van der Waals surface area contributed by atoms with E-state index in [9.17, 15) is 9.59 Å². The number of carbonyl (C=O) groups excluding carboxylic acids is 2. The second-order valence-electron chi connectivity index (χ2n) is 6.21. The van der Waals surface area contributed by atoms with Crippen LogP contribution in [0.5, 0.6) is 0 Å². The van der Waals surface area contributed by atoms with Crippen LogP contribution in [0.25, 0.3) is 11.0 Å². The Hall–Kier alpha value is -3.48. The lowest BCUT2D eigenvalue weighted by Crippen LogP contribution is -2.36. The Labute approximate surface area is 156 Å². The maximum Gasteiger partial charge on any atom is 0.274 e. The second kappa shape index (κ2) is 7.03. The molecule has 7 heteroatoms. The van der Waals surface area contributed by atoms with Crippen molar-refractivity contribution >= 4 is 40.2 Å². The number of para-hydroxylation sites is 3. The van der Waals surface area contributed by atoms with Crippen molar-refractivity contribution in [2.45, 2.75) is 26.3 Å². The van der Waals surface area contributed by atoms with Gasteiger partial charge in [-0.15, -0.1) is 0 Å². The van der Waals surface area contributed by atoms with Crippen molar-refractivity contribution in [1.29, 1.82) is 0 Å². The Morgan fingerprint density at radius 2 is 1.81 bits per heavy atom. The van der Waals surface area contributed by atoms with E-state index in [1.54, 1.807) is 12.1 Å². The predicted octanol–water partition coefficient (Wildman–Crippen LogP) is 3.18. The number of hydrazone groups is 1. The van der Waals surface area contributed by atoms with Gasteiger partial charge in [-0.1, -0.05) is 30.3 Å². The fourth-order valence-electron chi connectivity index (χ4n) is 3.15. The van der Waals surface area contributed by atoms with Gasteiger partial charge < -0.3 is 4.57 Å². The molecule has 1 aliphatic rings. The number of hydrogen-bond donors (Lipinski definition) is 1. The van der Waals surface area contributed by atoms with E-state index in [1.165, 1.54) is 5.01 Å². The number of carbonyl (C=O) groups is 2. The molecular weight excluding hydrogens is 342 g/mol. The zero-order chi connectivity index (χ0) is 18.8. The number of nitrogens with zero attached hydrogens (tertiary/aromatic N) is 4. The Balaban J connectivity index is 1.62. The normalized spacial score (nSPS) is 14.3. The molecule has 2 amide bonds. The van der Waals surface area contributed by atoms with Crippen LogP contribution in [0.2, 0.25) is 0 Å². The van der Waals surface area contributed by atoms with E-state index in [4.69, 9.17) is 0 Å². The van der Waals surface area contributed by atoms with Crippen LogP contribution in [0.15, 0.2) is 59.7 Å². The SMILES string of the molecule is CCn1c(NC(=O)C2=NN(c3ccccc3)C(=O)CC2)nc2ccccc21. The Morgan fingerprint density at radius 1 is 1.07 bits per heavy atom. The zero-order valence-electron chi connectivity index (χ0n) is 14.9. The fourth-order valence-corrected chi connectivity index (χ4v) is 3.15. The van der Waals surface area contributed by atoms with Gasteiger partial charge in [0.1, 0.15) is 5.71 Å². The molecule has 7 nitrogen and oxygen atoms in total. The molecule has 1 aliphatic heterocycles. The molecule has 0 radical (unpaired) electrons. The summed E-state index contributed by atoms with van der Waals surface area (Å²) in [5.74, 6) is 0.0153. The summed E-state index contributed by atoms with van der Waals surface area (Å²) in [4.78, 5) is 29.5. The molecule has 0 saturated carbocycles. The highest BCUT2D eigenvalue weighted by molar-refractivity contribution is 6.44. The van der Waals surface area contributed by atoms with Gasteiger partial charge in [0.25, 0.3) is 5.91 Å². The maximum absolute atomic E-state index is 12.8. The van der Waals surface area contributed by atoms with Gasteiger partial charge in [-0.05, 0) is 31.2 Å². The molecule has 1 N–H and O–H groups in total. The molecule has 0 bridgehead atoms. The third kappa shape index (κ3) is 3.19. The van der Waals surface area contributed by atoms with Gasteiger partial charge in [-0.25, -0.2) is 9.99 Å². The van der Waals surface area contributed by atoms with Crippen LogP contribution in [0, 0.1) is 0 Å². The van der Waals surface area contributed by atoms with Crippen molar-refractivity contribution < 1.29 is 9.59 Å². The minimum atomic E-state index is -0.339. The number of rotatable bonds is 4. The predicted molar refractivity (Wildman–Crippen MR) is 105 cm³/mol. The molecule has 3 aromatic rings. The van der Waals surface area contributed by atoms with E-state index >= 15 is 0 Å². The Kier molecular flexibility index (Phi) is 4.42. The second-order valence-corrected chi connectivity index (χ2v) is 6.21. The minimum Gasteiger partial charge on any atom is -0.310 e. The van der Waals surface area contributed by atoms with Gasteiger partial charge in [0, 0.05) is 19.4 Å². The number of aryl methyl sites for hydroxylation is 1. The van der Waals surface area contributed by atoms with Gasteiger partial charge >= 0.3 is 0 Å². The zero-order valence-corrected chi connectivity index (χ0v) is 14.9. The lowest BCUT2D eigenvalue weighted by atomic mass is 10.1. The van der Waals surface area contributed by atoms with Crippen LogP contribution in [-0.4, -0.2) is 27.1 Å². The summed E-state index contributed by atoms with van der Waals surface area (Å²) >= 11 is 0. The maximum atomic E-state index is 12.8. The van der Waals surface area contributed by atoms with Crippen molar-refractivity contribution in [3.05, 3.63) is 54.6 Å². The van der Waals surface area contributed by atoms with Crippen LogP contribution in [-0.2, 0) is 16.1 Å². The molecular formula is C20H19N5O2. The van der Waals surface area contributed by atoms with Crippen molar-refractivity contribution in [2.24, 2.45) is 5.10 Å². The third-order valence-corrected chi connectivity index (χ3v) is 4.49. The van der Waals surface area contributed by atoms with E-state index in [-0.39, 0.29) is 18.2 Å². The third-order valence-electron chi connectivity index (χ3n) is 4.49. The summed E-state index contributed by atoms with van der Waals surface area (Å²) in [6.45, 7) is 2.68. The number of fused-ring (bicyclic) bond motifs is 1. The highest BCUT2D eigenvalue weighted by Crippen LogP contribution is 2.22. The molecule has 0 saturated heterocycles. The van der Waals surface area contributed by atoms with E-state index in [1.807, 2.05) is 54.0 Å². The van der Waals surface area contributed by atoms with Crippen molar-refractivity contribution in [3.63, 3.8) is 0 Å². The molecule has 2 heterocycles. The van der Waals surface area contributed by atoms with E-state index in [0.717, 1.165) is 11.0 Å². The van der Waals surface area contributed by atoms with Gasteiger partial charge in [-0.3, -0.25) is 14.9 Å². The smallest absolute Gasteiger partial charge is 0.274 e. The molecule has 0 spiro atoms. The summed E-state index contributed by atoms with van der Waals surface area (Å²) in [6.07, 6.45) is 0.547. The average molecular weight is 361 g/mol. The van der Waals surface area contributed by atoms with Crippen LogP contribution in [0.3, 0.4) is 0 Å². The summed E-state index contributed by atoms with van der Waals surface area (Å²) in [5, 5.41) is 8.43. The van der Waals surface area contributed by atoms with Crippen molar-refractivity contribution in [1.82, 2.24) is 9.55 Å². The first-order valence-electron chi connectivity index (χ1n) is 8.89. The number of nitrogens with one attached hydrogen (secondary N) is 1. The van der Waals surface area contributed by atoms with Gasteiger partial charge in [0.15, 0.2) is 0 Å². The number of imidazole rings is 1. The van der Waals surface area contributed by atoms with Crippen LogP contribution in [0.4, 0.5) is 11.6 Å². The van der Waals surface area contributed by atoms with E-state index in [0.29, 0.717) is 30.3 Å². The number of benzene rings is 2. The van der Waals surface area contributed by atoms with Crippen LogP contribution in [0.1, 0.15) is 19.8 Å². The number of aromatic nitrogens is 2. The molecule has 136 valence electrons. The molecule has 2 aromatic carbocycles. The summed E-state index contributed by atoms with van der Waals surface area (Å²) < 4.78 is 1.94. The molecule has 4 rings (SSSR count). The van der Waals surface area contributed by atoms with Crippen molar-refractivity contribution in [2.75, 3.05) is 10.3 Å². The molecule has 0 fully saturated rings. The lowest BCUT2D eigenvalue weighted by Gasteiger charge is -2.23. The number of anilines is 2. The van der Waals surface area contributed by atoms with Gasteiger partial charge in [0.05, 0.1) is 16.7 Å². The van der Waals surface area contributed by atoms with E-state index < -0.39 is 0 Å². The summed E-state index contributed by atoms with van der Waals surface area (Å²) in [5.41, 5.74) is 2.74. The first-order chi connectivity index (χ1) is 13.2. The average Bonchev–Trinajstić information content (AvgIpc) is 3.05. The highest BCUT2D eigenvalue weighted by atomic mass is 16.2. The first-order valence-corrected chi connectivity index (χ1v) is 8.89. The monoisotopic (exact) mass is 361 g/mol. The largest absolute Gasteiger partial charge is 0.310 e. The quantitative estimate of drug-likeness (QED) is 0.775. The van der Waals surface area contributed by atoms with E-state index in [2.05, 4.69) is 15.4 Å². The van der Waals surface area contributed by atoms with Gasteiger partial charge in [0.2, 0.25) is 11.9 Å². The summed E-state index contributed by atoms with van der Waals surface area (Å²) in [7, 11) is 0. The van der Waals surface area contributed by atoms with Crippen LogP contribution >= 0.6 is 0 Å². The molecule has 27 heavy (non-hydrogen) atoms. The Bertz CT molecular complexity index is 1040. The molecule has 0 unspecified atom stereocenters. The number of amides is 2. The first kappa shape index (κ1) is 17.0. The molecule has 0 aliphatic carbocycles. The number of hydrogen-bond acceptors (Lipinski definition) is 4. The molecule has 0 atom stereocenters. The highest BCUT2D eigenvalue weighted by Gasteiger charge is 2.26. The lowest BCUT2D eigenvalue weighted by molar-refractivity contribution is -0.118. The van der Waals surface area contributed by atoms with Crippen molar-refractivity contribution in [3.8, 4) is 0 Å². The van der Waals surface area contributed by atoms with Gasteiger partial charge in [-0.2, -0.15) is 5.10 Å². The Morgan fingerprint density at radius 3 is 2.59 bits per heavy atom. The topological polar surface area (TPSA) is 79.6 Å². The van der Waals surface area contributed by atoms with Crippen LogP contribution < -0.4 is 10.3 Å². The fraction of sp³-hybridized carbons (Fsp3) is 0.200. The standard InChI is InChI=1S/C20H19N5O2/c1-2-24-17-11-7-6-10-15(17)21-20(24)22-19(27)16-12-13-18(26)25(23-16)14-8-4-3-5-9-14/h3-11H,2,12-13H2,1H3,(H,21,22,27). The summed E-state index contributed by atoms with van der Waals surface area (Å²) in [6, 6.07) is 16.8. The molecule has 1 aromatic heterocycles.